The summed E-state index contributed by atoms with van der Waals surface area (Å²) < 4.78 is 33.2. The molecule has 8 amide bonds. The molecule has 7 atom stereocenters. The molecule has 2 aliphatic rings. The average Bonchev–Trinajstić information content (AvgIpc) is 1.69. The molecular formula is C60H99N11O15S. The minimum atomic E-state index is -0.930. The number of nitrogens with zero attached hydrogens (tertiary/aromatic N) is 3. The molecule has 1 unspecified atom stereocenters. The van der Waals surface area contributed by atoms with E-state index in [1.54, 1.807) is 32.2 Å². The SMILES string of the molecule is CCCO[C@H](C[C@H](C(C)C)N(CCC)C(=O)[C@@H](NC(=O)[C@H]1CCCCN1C)[C@@H](C)CC)c1nc(C(=O)NC2Cc3ccc(O)cc3[C@H](C(=O)NNC(=O)OCCOCCOCCOCCNC(=O)CNC(=O)CNCCNC(=O)OC(C)(C)C)C2)cs1. The molecule has 1 saturated heterocycles. The number of carbonyl (C=O) groups excluding carboxylic acids is 8. The maximum absolute atomic E-state index is 14.8. The number of phenols is 1. The zero-order valence-corrected chi connectivity index (χ0v) is 53.6. The molecule has 1 aromatic carbocycles. The van der Waals surface area contributed by atoms with Gasteiger partial charge in [-0.25, -0.2) is 20.0 Å². The van der Waals surface area contributed by atoms with Crippen LogP contribution in [-0.2, 0) is 58.8 Å². The molecule has 0 radical (unpaired) electrons. The van der Waals surface area contributed by atoms with Crippen molar-refractivity contribution in [2.75, 3.05) is 106 Å². The van der Waals surface area contributed by atoms with Gasteiger partial charge in [0.1, 0.15) is 40.8 Å². The summed E-state index contributed by atoms with van der Waals surface area (Å²) in [6, 6.07) is 2.92. The lowest BCUT2D eigenvalue weighted by molar-refractivity contribution is -0.143. The van der Waals surface area contributed by atoms with Crippen molar-refractivity contribution in [2.45, 2.75) is 162 Å². The second kappa shape index (κ2) is 38.9. The smallest absolute Gasteiger partial charge is 0.426 e. The Morgan fingerprint density at radius 2 is 1.51 bits per heavy atom. The fraction of sp³-hybridized carbons (Fsp3) is 0.717. The lowest BCUT2D eigenvalue weighted by atomic mass is 9.79. The number of benzene rings is 1. The second-order valence-corrected chi connectivity index (χ2v) is 24.1. The van der Waals surface area contributed by atoms with Gasteiger partial charge in [-0.05, 0) is 108 Å². The standard InChI is InChI=1S/C60H99N11O15S/c1-11-22-71(57(78)52(40(6)13-3)67-55(77)47-16-14-15-23-70(47)10)48(39(4)5)35-49(84-24-12-2)56-66-46(38-87-56)54(76)65-42-32-41-17-18-43(72)34-44(41)45(33-42)53(75)68-69-59(80)85-31-30-83-29-28-82-27-26-81-25-21-62-51(74)37-64-50(73)36-61-19-20-63-58(79)86-60(7,8)9/h17-18,34,38-40,42,45,47-49,52,61,72H,11-16,19-33,35-37H2,1-10H3,(H,62,74)(H,63,79)(H,64,73)(H,65,76)(H,67,77)(H,68,75)(H,69,80)/t40-,42?,45+,47+,48+,49+,52-/m0/s1. The van der Waals surface area contributed by atoms with Crippen molar-refractivity contribution in [3.8, 4) is 5.75 Å². The molecule has 2 aromatic rings. The molecule has 26 nitrogen and oxygen atoms in total. The number of likely N-dealkylation sites (N-methyl/N-ethyl adjacent to an activating group) is 1. The molecule has 1 aliphatic carbocycles. The van der Waals surface area contributed by atoms with Gasteiger partial charge in [-0.2, -0.15) is 0 Å². The zero-order valence-electron chi connectivity index (χ0n) is 52.8. The molecule has 87 heavy (non-hydrogen) atoms. The van der Waals surface area contributed by atoms with E-state index in [-0.39, 0.29) is 138 Å². The zero-order chi connectivity index (χ0) is 63.9. The topological polar surface area (TPSA) is 328 Å². The number of rotatable bonds is 37. The van der Waals surface area contributed by atoms with Crippen molar-refractivity contribution < 1.29 is 71.9 Å². The highest BCUT2D eigenvalue weighted by molar-refractivity contribution is 7.09. The van der Waals surface area contributed by atoms with E-state index in [2.05, 4.69) is 61.5 Å². The Hall–Kier alpha value is -6.23. The first-order chi connectivity index (χ1) is 41.5. The van der Waals surface area contributed by atoms with Crippen molar-refractivity contribution in [3.05, 3.63) is 45.4 Å². The van der Waals surface area contributed by atoms with E-state index in [1.807, 2.05) is 39.6 Å². The number of hydrogen-bond donors (Lipinski definition) is 9. The third-order valence-corrected chi connectivity index (χ3v) is 15.6. The van der Waals surface area contributed by atoms with Crippen molar-refractivity contribution in [1.29, 1.82) is 0 Å². The first kappa shape index (κ1) is 73.2. The summed E-state index contributed by atoms with van der Waals surface area (Å²) in [5.74, 6) is -3.04. The number of piperidine rings is 1. The number of alkyl carbamates (subject to hydrolysis) is 1. The summed E-state index contributed by atoms with van der Waals surface area (Å²) in [6.07, 6.45) is 3.80. The van der Waals surface area contributed by atoms with Crippen LogP contribution < -0.4 is 42.8 Å². The number of aromatic nitrogens is 1. The molecule has 0 spiro atoms. The third kappa shape index (κ3) is 26.6. The number of ether oxygens (including phenoxy) is 6. The van der Waals surface area contributed by atoms with Crippen molar-refractivity contribution in [3.63, 3.8) is 0 Å². The monoisotopic (exact) mass is 1250 g/mol. The van der Waals surface area contributed by atoms with Gasteiger partial charge < -0.3 is 70.3 Å². The number of likely N-dealkylation sites (tertiary alicyclic amines) is 1. The number of aromatic hydroxyl groups is 1. The van der Waals surface area contributed by atoms with Crippen LogP contribution in [0.4, 0.5) is 9.59 Å². The molecular weight excluding hydrogens is 1150 g/mol. The molecule has 1 fully saturated rings. The molecule has 0 bridgehead atoms. The van der Waals surface area contributed by atoms with Crippen LogP contribution in [0.3, 0.4) is 0 Å². The number of hydrogen-bond acceptors (Lipinski definition) is 19. The molecule has 4 rings (SSSR count). The Labute approximate surface area is 517 Å². The lowest BCUT2D eigenvalue weighted by Gasteiger charge is -2.40. The largest absolute Gasteiger partial charge is 0.508 e. The fourth-order valence-corrected chi connectivity index (χ4v) is 10.9. The Morgan fingerprint density at radius 1 is 0.805 bits per heavy atom. The highest BCUT2D eigenvalue weighted by Gasteiger charge is 2.39. The molecule has 490 valence electrons. The Morgan fingerprint density at radius 3 is 2.17 bits per heavy atom. The number of carbonyl (C=O) groups is 8. The van der Waals surface area contributed by atoms with E-state index in [0.717, 1.165) is 37.8 Å². The summed E-state index contributed by atoms with van der Waals surface area (Å²) in [5.41, 5.74) is 5.52. The maximum Gasteiger partial charge on any atom is 0.426 e. The summed E-state index contributed by atoms with van der Waals surface area (Å²) in [6.45, 7) is 21.0. The number of amides is 8. The lowest BCUT2D eigenvalue weighted by Crippen LogP contribution is -2.58. The van der Waals surface area contributed by atoms with Crippen LogP contribution in [0.25, 0.3) is 0 Å². The molecule has 1 aromatic heterocycles. The van der Waals surface area contributed by atoms with E-state index in [4.69, 9.17) is 33.4 Å². The minimum Gasteiger partial charge on any atom is -0.508 e. The van der Waals surface area contributed by atoms with Crippen molar-refractivity contribution in [2.24, 2.45) is 11.8 Å². The number of fused-ring (bicyclic) bond motifs is 1. The molecule has 2 heterocycles. The van der Waals surface area contributed by atoms with E-state index in [9.17, 15) is 43.5 Å². The highest BCUT2D eigenvalue weighted by Crippen LogP contribution is 2.36. The number of thiazole rings is 1. The van der Waals surface area contributed by atoms with Gasteiger partial charge in [0.15, 0.2) is 0 Å². The number of nitrogens with one attached hydrogen (secondary N) is 8. The molecule has 9 N–H and O–H groups in total. The number of hydrazine groups is 1. The van der Waals surface area contributed by atoms with Crippen LogP contribution in [0.2, 0.25) is 0 Å². The summed E-state index contributed by atoms with van der Waals surface area (Å²) in [7, 11) is 1.96. The van der Waals surface area contributed by atoms with E-state index < -0.39 is 53.7 Å². The number of phenolic OH excluding ortho intramolecular Hbond substituents is 1. The second-order valence-electron chi connectivity index (χ2n) is 23.2. The van der Waals surface area contributed by atoms with E-state index >= 15 is 0 Å². The normalized spacial score (nSPS) is 17.3. The summed E-state index contributed by atoms with van der Waals surface area (Å²) in [4.78, 5) is 113. The van der Waals surface area contributed by atoms with Gasteiger partial charge in [-0.15, -0.1) is 11.3 Å². The van der Waals surface area contributed by atoms with Gasteiger partial charge in [0, 0.05) is 56.7 Å². The van der Waals surface area contributed by atoms with E-state index in [1.165, 1.54) is 23.5 Å². The maximum atomic E-state index is 14.8. The minimum absolute atomic E-state index is 0.0130. The van der Waals surface area contributed by atoms with Crippen LogP contribution in [0.1, 0.15) is 152 Å². The van der Waals surface area contributed by atoms with Crippen LogP contribution >= 0.6 is 11.3 Å². The van der Waals surface area contributed by atoms with Gasteiger partial charge in [-0.3, -0.25) is 39.1 Å². The van der Waals surface area contributed by atoms with Crippen LogP contribution in [0, 0.1) is 11.8 Å². The van der Waals surface area contributed by atoms with Gasteiger partial charge >= 0.3 is 12.2 Å². The highest BCUT2D eigenvalue weighted by atomic mass is 32.1. The quantitative estimate of drug-likeness (QED) is 0.0341. The Kier molecular flexibility index (Phi) is 32.8. The first-order valence-corrected chi connectivity index (χ1v) is 31.6. The van der Waals surface area contributed by atoms with Gasteiger partial charge in [-0.1, -0.05) is 60.5 Å². The van der Waals surface area contributed by atoms with Gasteiger partial charge in [0.05, 0.1) is 64.7 Å². The molecule has 1 aliphatic heterocycles. The summed E-state index contributed by atoms with van der Waals surface area (Å²) in [5, 5.41) is 29.5. The van der Waals surface area contributed by atoms with E-state index in [0.29, 0.717) is 56.0 Å². The van der Waals surface area contributed by atoms with Crippen LogP contribution in [0.5, 0.6) is 5.75 Å². The molecule has 0 saturated carbocycles. The van der Waals surface area contributed by atoms with Crippen LogP contribution in [-0.4, -0.2) is 203 Å². The third-order valence-electron chi connectivity index (χ3n) is 14.7. The predicted octanol–water partition coefficient (Wildman–Crippen LogP) is 3.97. The van der Waals surface area contributed by atoms with Gasteiger partial charge in [0.25, 0.3) is 5.91 Å². The predicted molar refractivity (Wildman–Crippen MR) is 327 cm³/mol. The Bertz CT molecular complexity index is 2480. The van der Waals surface area contributed by atoms with Crippen molar-refractivity contribution >= 4 is 59.0 Å². The molecule has 27 heteroatoms. The Balaban J connectivity index is 1.18. The average molecular weight is 1250 g/mol. The van der Waals surface area contributed by atoms with Crippen molar-refractivity contribution in [1.82, 2.24) is 57.5 Å². The van der Waals surface area contributed by atoms with Gasteiger partial charge in [0.2, 0.25) is 29.5 Å². The summed E-state index contributed by atoms with van der Waals surface area (Å²) >= 11 is 1.30. The fourth-order valence-electron chi connectivity index (χ4n) is 9.99. The first-order valence-electron chi connectivity index (χ1n) is 30.7. The van der Waals surface area contributed by atoms with Crippen LogP contribution in [0.15, 0.2) is 23.6 Å².